The first kappa shape index (κ1) is 11.2. The van der Waals surface area contributed by atoms with E-state index in [0.29, 0.717) is 0 Å². The highest BCUT2D eigenvalue weighted by atomic mass is 35.5. The Bertz CT molecular complexity index is 116. The monoisotopic (exact) mass is 183 g/mol. The molecule has 0 saturated carbocycles. The molecule has 0 amide bonds. The molecule has 0 saturated heterocycles. The zero-order valence-electron chi connectivity index (χ0n) is 3.38. The van der Waals surface area contributed by atoms with Crippen LogP contribution in [0.3, 0.4) is 0 Å². The average Bonchev–Trinajstić information content (AvgIpc) is 1.71. The van der Waals surface area contributed by atoms with Gasteiger partial charge in [0.05, 0.1) is 11.9 Å². The van der Waals surface area contributed by atoms with Crippen LogP contribution in [0.2, 0.25) is 0 Å². The maximum atomic E-state index is 9.31. The maximum Gasteiger partial charge on any atom is 0.346 e. The van der Waals surface area contributed by atoms with E-state index in [1.54, 1.807) is 0 Å². The van der Waals surface area contributed by atoms with Gasteiger partial charge in [0.2, 0.25) is 0 Å². The maximum absolute atomic E-state index is 9.31. The van der Waals surface area contributed by atoms with Gasteiger partial charge in [0.15, 0.2) is 0 Å². The summed E-state index contributed by atoms with van der Waals surface area (Å²) in [5, 5.41) is 0. The molecule has 8 heavy (non-hydrogen) atoms. The van der Waals surface area contributed by atoms with Crippen LogP contribution in [0.1, 0.15) is 0 Å². The Morgan fingerprint density at radius 1 is 1.38 bits per heavy atom. The van der Waals surface area contributed by atoms with Crippen LogP contribution < -0.4 is 4.24 Å². The van der Waals surface area contributed by atoms with Crippen molar-refractivity contribution in [3.63, 3.8) is 0 Å². The highest BCUT2D eigenvalue weighted by molar-refractivity contribution is 7.84. The zero-order chi connectivity index (χ0) is 7.21. The van der Waals surface area contributed by atoms with Gasteiger partial charge in [0.25, 0.3) is 0 Å². The van der Waals surface area contributed by atoms with Crippen LogP contribution in [0.15, 0.2) is 0 Å². The van der Waals surface area contributed by atoms with E-state index in [0.717, 1.165) is 4.24 Å². The normalized spacial score (nSPS) is 9.50. The highest BCUT2D eigenvalue weighted by Gasteiger charge is 1.93. The molecule has 0 aromatic heterocycles. The Hall–Kier alpha value is 0.410. The van der Waals surface area contributed by atoms with Crippen LogP contribution in [-0.2, 0) is 10.3 Å². The van der Waals surface area contributed by atoms with E-state index in [4.69, 9.17) is 9.21 Å². The molecular formula is H3Cl2NO4S. The largest absolute Gasteiger partial charge is 0.346 e. The fourth-order valence-corrected chi connectivity index (χ4v) is 0. The molecule has 0 aliphatic rings. The molecule has 0 spiro atoms. The Morgan fingerprint density at radius 3 is 1.50 bits per heavy atom. The Balaban J connectivity index is 0. The van der Waals surface area contributed by atoms with Crippen LogP contribution in [0.25, 0.3) is 0 Å². The smallest absolute Gasteiger partial charge is 0.295 e. The standard InChI is InChI=1S/ClH2NO3S.ClHO/c1-2-6(3,4)5;1-2/h2H,(H,3,4,5);2H. The summed E-state index contributed by atoms with van der Waals surface area (Å²) in [6.45, 7) is 0. The van der Waals surface area contributed by atoms with Crippen molar-refractivity contribution in [1.29, 1.82) is 0 Å². The number of halogens is 2. The van der Waals surface area contributed by atoms with E-state index in [9.17, 15) is 8.42 Å². The SMILES string of the molecule is O=S(=O)(O)NCl.OCl. The molecule has 3 N–H and O–H groups in total. The van der Waals surface area contributed by atoms with Gasteiger partial charge in [-0.25, -0.2) is 0 Å². The van der Waals surface area contributed by atoms with Gasteiger partial charge >= 0.3 is 10.3 Å². The van der Waals surface area contributed by atoms with E-state index in [-0.39, 0.29) is 0 Å². The fourth-order valence-electron chi connectivity index (χ4n) is 0. The summed E-state index contributed by atoms with van der Waals surface area (Å²) in [5.74, 6) is 0. The molecule has 5 nitrogen and oxygen atoms in total. The summed E-state index contributed by atoms with van der Waals surface area (Å²) >= 11 is 8.03. The van der Waals surface area contributed by atoms with Crippen molar-refractivity contribution in [2.45, 2.75) is 0 Å². The van der Waals surface area contributed by atoms with E-state index in [1.807, 2.05) is 0 Å². The summed E-state index contributed by atoms with van der Waals surface area (Å²) in [6.07, 6.45) is 0. The fraction of sp³-hybridized carbons (Fsp3) is 0. The van der Waals surface area contributed by atoms with Crippen LogP contribution in [0, 0.1) is 0 Å². The Labute approximate surface area is 56.4 Å². The lowest BCUT2D eigenvalue weighted by Crippen LogP contribution is -2.09. The quantitative estimate of drug-likeness (QED) is 0.384. The molecule has 0 bridgehead atoms. The Kier molecular flexibility index (Phi) is 7.79. The van der Waals surface area contributed by atoms with Crippen molar-refractivity contribution < 1.29 is 17.6 Å². The zero-order valence-corrected chi connectivity index (χ0v) is 5.70. The third kappa shape index (κ3) is 16.1. The molecule has 0 rings (SSSR count). The first-order chi connectivity index (χ1) is 3.56. The lowest BCUT2D eigenvalue weighted by Gasteiger charge is -1.80. The van der Waals surface area contributed by atoms with Crippen molar-refractivity contribution in [2.75, 3.05) is 0 Å². The Morgan fingerprint density at radius 2 is 1.50 bits per heavy atom. The molecule has 0 aromatic rings. The van der Waals surface area contributed by atoms with Gasteiger partial charge in [0, 0.05) is 0 Å². The molecule has 0 aromatic carbocycles. The van der Waals surface area contributed by atoms with Gasteiger partial charge in [-0.3, -0.25) is 9.21 Å². The topological polar surface area (TPSA) is 86.6 Å². The van der Waals surface area contributed by atoms with E-state index < -0.39 is 10.3 Å². The van der Waals surface area contributed by atoms with Gasteiger partial charge < -0.3 is 0 Å². The third-order valence-corrected chi connectivity index (χ3v) is 0.877. The molecule has 0 aliphatic carbocycles. The molecule has 8 heteroatoms. The van der Waals surface area contributed by atoms with Crippen molar-refractivity contribution in [2.24, 2.45) is 0 Å². The van der Waals surface area contributed by atoms with Gasteiger partial charge in [0.1, 0.15) is 0 Å². The number of hydrogen-bond acceptors (Lipinski definition) is 3. The first-order valence-corrected chi connectivity index (χ1v) is 3.23. The minimum atomic E-state index is -4.15. The van der Waals surface area contributed by atoms with Crippen molar-refractivity contribution in [3.05, 3.63) is 0 Å². The molecule has 0 heterocycles. The first-order valence-electron chi connectivity index (χ1n) is 1.08. The number of hydrogen-bond donors (Lipinski definition) is 3. The molecule has 0 aliphatic heterocycles. The molecule has 0 unspecified atom stereocenters. The lowest BCUT2D eigenvalue weighted by molar-refractivity contribution is 0.480. The number of rotatable bonds is 1. The minimum absolute atomic E-state index is 1.10. The van der Waals surface area contributed by atoms with Crippen LogP contribution in [0.4, 0.5) is 0 Å². The van der Waals surface area contributed by atoms with Crippen LogP contribution >= 0.6 is 23.6 Å². The minimum Gasteiger partial charge on any atom is -0.295 e. The van der Waals surface area contributed by atoms with Crippen molar-refractivity contribution in [3.8, 4) is 0 Å². The van der Waals surface area contributed by atoms with Crippen molar-refractivity contribution >= 4 is 33.9 Å². The highest BCUT2D eigenvalue weighted by Crippen LogP contribution is 1.70. The summed E-state index contributed by atoms with van der Waals surface area (Å²) in [5.41, 5.74) is 0. The van der Waals surface area contributed by atoms with Gasteiger partial charge in [-0.1, -0.05) is 0 Å². The second kappa shape index (κ2) is 5.54. The predicted octanol–water partition coefficient (Wildman–Crippen LogP) is -0.335. The average molecular weight is 184 g/mol. The van der Waals surface area contributed by atoms with E-state index >= 15 is 0 Å². The second-order valence-corrected chi connectivity index (χ2v) is 2.12. The summed E-state index contributed by atoms with van der Waals surface area (Å²) in [4.78, 5) is 0. The van der Waals surface area contributed by atoms with Gasteiger partial charge in [-0.2, -0.15) is 8.42 Å². The third-order valence-electron chi connectivity index (χ3n) is 0.0975. The molecule has 0 fully saturated rings. The van der Waals surface area contributed by atoms with E-state index in [2.05, 4.69) is 23.6 Å². The number of nitrogens with one attached hydrogen (secondary N) is 1. The second-order valence-electron chi connectivity index (χ2n) is 0.552. The van der Waals surface area contributed by atoms with Gasteiger partial charge in [-0.15, -0.1) is 4.24 Å². The summed E-state index contributed by atoms with van der Waals surface area (Å²) in [6, 6.07) is 0. The van der Waals surface area contributed by atoms with Crippen LogP contribution in [-0.4, -0.2) is 17.6 Å². The van der Waals surface area contributed by atoms with Crippen molar-refractivity contribution in [1.82, 2.24) is 4.24 Å². The summed E-state index contributed by atoms with van der Waals surface area (Å²) in [7, 11) is -4.15. The molecular weight excluding hydrogens is 181 g/mol. The van der Waals surface area contributed by atoms with Crippen LogP contribution in [0.5, 0.6) is 0 Å². The summed E-state index contributed by atoms with van der Waals surface area (Å²) < 4.78 is 33.8. The molecule has 0 radical (unpaired) electrons. The predicted molar refractivity (Wildman–Crippen MR) is 28.6 cm³/mol. The van der Waals surface area contributed by atoms with Gasteiger partial charge in [-0.05, 0) is 11.8 Å². The molecule has 0 atom stereocenters. The lowest BCUT2D eigenvalue weighted by atomic mass is 13.9. The van der Waals surface area contributed by atoms with E-state index in [1.165, 1.54) is 0 Å². The molecule has 52 valence electrons.